The lowest BCUT2D eigenvalue weighted by atomic mass is 10.1. The number of nitrogens with one attached hydrogen (secondary N) is 1. The first-order valence-corrected chi connectivity index (χ1v) is 6.92. The van der Waals surface area contributed by atoms with E-state index in [9.17, 15) is 10.1 Å². The van der Waals surface area contributed by atoms with E-state index in [4.69, 9.17) is 0 Å². The maximum Gasteiger partial charge on any atom is 0.262 e. The van der Waals surface area contributed by atoms with Crippen molar-refractivity contribution in [2.75, 3.05) is 0 Å². The van der Waals surface area contributed by atoms with Crippen LogP contribution in [0.1, 0.15) is 34.8 Å². The minimum Gasteiger partial charge on any atom is -0.333 e. The molecule has 0 aromatic carbocycles. The molecule has 1 atom stereocenters. The van der Waals surface area contributed by atoms with Gasteiger partial charge in [0.1, 0.15) is 5.54 Å². The average Bonchev–Trinajstić information content (AvgIpc) is 2.60. The Bertz CT molecular complexity index is 510. The van der Waals surface area contributed by atoms with Gasteiger partial charge >= 0.3 is 0 Å². The van der Waals surface area contributed by atoms with E-state index in [1.165, 1.54) is 11.3 Å². The first-order chi connectivity index (χ1) is 7.81. The molecule has 0 aliphatic heterocycles. The van der Waals surface area contributed by atoms with Crippen LogP contribution in [0.2, 0.25) is 0 Å². The number of hydrogen-bond acceptors (Lipinski definition) is 3. The molecule has 1 amide bonds. The first kappa shape index (κ1) is 12.6. The number of amides is 1. The van der Waals surface area contributed by atoms with Gasteiger partial charge in [-0.05, 0) is 35.3 Å². The fourth-order valence-electron chi connectivity index (χ4n) is 1.88. The quantitative estimate of drug-likeness (QED) is 0.911. The van der Waals surface area contributed by atoms with E-state index < -0.39 is 5.54 Å². The molecule has 1 unspecified atom stereocenters. The zero-order chi connectivity index (χ0) is 12.8. The van der Waals surface area contributed by atoms with Crippen molar-refractivity contribution in [2.45, 2.75) is 32.7 Å². The van der Waals surface area contributed by atoms with Crippen molar-refractivity contribution in [3.05, 3.63) is 20.3 Å². The molecule has 1 N–H and O–H groups in total. The zero-order valence-corrected chi connectivity index (χ0v) is 12.3. The van der Waals surface area contributed by atoms with E-state index in [0.29, 0.717) is 11.3 Å². The number of nitriles is 1. The van der Waals surface area contributed by atoms with E-state index in [0.717, 1.165) is 9.35 Å². The molecule has 1 aliphatic rings. The molecule has 1 fully saturated rings. The zero-order valence-electron chi connectivity index (χ0n) is 9.93. The Balaban J connectivity index is 2.16. The van der Waals surface area contributed by atoms with Crippen molar-refractivity contribution in [3.63, 3.8) is 0 Å². The molecular formula is C12H13BrN2OS. The second kappa shape index (κ2) is 3.82. The van der Waals surface area contributed by atoms with Gasteiger partial charge in [0, 0.05) is 14.8 Å². The molecule has 0 radical (unpaired) electrons. The fraction of sp³-hybridized carbons (Fsp3) is 0.500. The van der Waals surface area contributed by atoms with Crippen LogP contribution >= 0.6 is 27.3 Å². The van der Waals surface area contributed by atoms with Crippen molar-refractivity contribution in [1.29, 1.82) is 5.26 Å². The summed E-state index contributed by atoms with van der Waals surface area (Å²) in [5.74, 6) is -0.157. The molecule has 90 valence electrons. The molecule has 3 nitrogen and oxygen atoms in total. The predicted molar refractivity (Wildman–Crippen MR) is 71.0 cm³/mol. The van der Waals surface area contributed by atoms with Crippen LogP contribution in [0.5, 0.6) is 0 Å². The van der Waals surface area contributed by atoms with Gasteiger partial charge in [0.05, 0.1) is 10.9 Å². The normalized spacial score (nSPS) is 25.1. The van der Waals surface area contributed by atoms with Crippen molar-refractivity contribution in [3.8, 4) is 6.07 Å². The van der Waals surface area contributed by atoms with Gasteiger partial charge in [0.15, 0.2) is 0 Å². The van der Waals surface area contributed by atoms with Crippen molar-refractivity contribution in [1.82, 2.24) is 5.32 Å². The molecule has 0 bridgehead atoms. The number of halogens is 1. The maximum absolute atomic E-state index is 12.0. The molecule has 1 aliphatic carbocycles. The number of rotatable bonds is 2. The molecule has 1 heterocycles. The molecule has 5 heteroatoms. The lowest BCUT2D eigenvalue weighted by Gasteiger charge is -2.13. The smallest absolute Gasteiger partial charge is 0.262 e. The lowest BCUT2D eigenvalue weighted by molar-refractivity contribution is 0.0938. The third-order valence-electron chi connectivity index (χ3n) is 3.34. The second-order valence-corrected chi connectivity index (χ2v) is 7.16. The van der Waals surface area contributed by atoms with Gasteiger partial charge in [-0.15, -0.1) is 11.3 Å². The first-order valence-electron chi connectivity index (χ1n) is 5.31. The molecule has 1 saturated carbocycles. The standard InChI is InChI=1S/C12H13BrN2OS/c1-7-8(13)4-9(17-7)10(16)15-12(6-14)5-11(12,2)3/h4H,5H2,1-3H3,(H,15,16). The minimum atomic E-state index is -0.686. The van der Waals surface area contributed by atoms with Gasteiger partial charge in [-0.1, -0.05) is 13.8 Å². The molecule has 17 heavy (non-hydrogen) atoms. The van der Waals surface area contributed by atoms with Gasteiger partial charge in [0.2, 0.25) is 0 Å². The summed E-state index contributed by atoms with van der Waals surface area (Å²) in [5, 5.41) is 12.0. The van der Waals surface area contributed by atoms with E-state index in [1.54, 1.807) is 6.07 Å². The average molecular weight is 313 g/mol. The number of carbonyl (C=O) groups is 1. The van der Waals surface area contributed by atoms with Crippen LogP contribution in [0.25, 0.3) is 0 Å². The van der Waals surface area contributed by atoms with E-state index >= 15 is 0 Å². The summed E-state index contributed by atoms with van der Waals surface area (Å²) in [4.78, 5) is 13.8. The van der Waals surface area contributed by atoms with Crippen molar-refractivity contribution >= 4 is 33.2 Å². The van der Waals surface area contributed by atoms with Gasteiger partial charge in [0.25, 0.3) is 5.91 Å². The predicted octanol–water partition coefficient (Wildman–Crippen LogP) is 3.24. The summed E-state index contributed by atoms with van der Waals surface area (Å²) >= 11 is 4.82. The molecule has 0 spiro atoms. The van der Waals surface area contributed by atoms with Crippen molar-refractivity contribution in [2.24, 2.45) is 5.41 Å². The highest BCUT2D eigenvalue weighted by Crippen LogP contribution is 2.55. The third-order valence-corrected chi connectivity index (χ3v) is 5.47. The second-order valence-electron chi connectivity index (χ2n) is 5.05. The Labute approximate surface area is 113 Å². The third kappa shape index (κ3) is 2.00. The molecular weight excluding hydrogens is 300 g/mol. The summed E-state index contributed by atoms with van der Waals surface area (Å²) in [7, 11) is 0. The van der Waals surface area contributed by atoms with E-state index in [1.807, 2.05) is 20.8 Å². The highest BCUT2D eigenvalue weighted by atomic mass is 79.9. The number of nitrogens with zero attached hydrogens (tertiary/aromatic N) is 1. The SMILES string of the molecule is Cc1sc(C(=O)NC2(C#N)CC2(C)C)cc1Br. The Morgan fingerprint density at radius 3 is 2.59 bits per heavy atom. The lowest BCUT2D eigenvalue weighted by Crippen LogP contribution is -2.38. The van der Waals surface area contributed by atoms with E-state index in [-0.39, 0.29) is 11.3 Å². The van der Waals surface area contributed by atoms with Gasteiger partial charge < -0.3 is 5.32 Å². The highest BCUT2D eigenvalue weighted by molar-refractivity contribution is 9.10. The Morgan fingerprint density at radius 2 is 2.24 bits per heavy atom. The molecule has 2 rings (SSSR count). The summed E-state index contributed by atoms with van der Waals surface area (Å²) in [5.41, 5.74) is -0.810. The minimum absolute atomic E-state index is 0.124. The van der Waals surface area contributed by atoms with Crippen LogP contribution in [0.3, 0.4) is 0 Å². The number of aryl methyl sites for hydroxylation is 1. The van der Waals surface area contributed by atoms with E-state index in [2.05, 4.69) is 27.3 Å². The van der Waals surface area contributed by atoms with Gasteiger partial charge in [-0.3, -0.25) is 4.79 Å². The Kier molecular flexibility index (Phi) is 2.83. The molecule has 0 saturated heterocycles. The Morgan fingerprint density at radius 1 is 1.65 bits per heavy atom. The number of thiophene rings is 1. The van der Waals surface area contributed by atoms with Gasteiger partial charge in [-0.25, -0.2) is 0 Å². The molecule has 1 aromatic rings. The Hall–Kier alpha value is -0.860. The summed E-state index contributed by atoms with van der Waals surface area (Å²) in [6.07, 6.45) is 0.716. The topological polar surface area (TPSA) is 52.9 Å². The van der Waals surface area contributed by atoms with Crippen LogP contribution in [-0.2, 0) is 0 Å². The number of carbonyl (C=O) groups excluding carboxylic acids is 1. The fourth-order valence-corrected chi connectivity index (χ4v) is 3.31. The summed E-state index contributed by atoms with van der Waals surface area (Å²) < 4.78 is 0.939. The van der Waals surface area contributed by atoms with Crippen LogP contribution in [0.4, 0.5) is 0 Å². The monoisotopic (exact) mass is 312 g/mol. The largest absolute Gasteiger partial charge is 0.333 e. The summed E-state index contributed by atoms with van der Waals surface area (Å²) in [6.45, 7) is 5.94. The van der Waals surface area contributed by atoms with Crippen LogP contribution in [0.15, 0.2) is 10.5 Å². The van der Waals surface area contributed by atoms with Crippen molar-refractivity contribution < 1.29 is 4.79 Å². The van der Waals surface area contributed by atoms with Crippen LogP contribution in [-0.4, -0.2) is 11.4 Å². The molecule has 1 aromatic heterocycles. The van der Waals surface area contributed by atoms with Gasteiger partial charge in [-0.2, -0.15) is 5.26 Å². The van der Waals surface area contributed by atoms with Crippen LogP contribution in [0, 0.1) is 23.7 Å². The summed E-state index contributed by atoms with van der Waals surface area (Å²) in [6, 6.07) is 4.03. The van der Waals surface area contributed by atoms with Crippen LogP contribution < -0.4 is 5.32 Å². The maximum atomic E-state index is 12.0. The number of hydrogen-bond donors (Lipinski definition) is 1. The highest BCUT2D eigenvalue weighted by Gasteiger charge is 2.63.